The summed E-state index contributed by atoms with van der Waals surface area (Å²) in [6, 6.07) is 3.72. The Balaban J connectivity index is 2.41. The molecule has 1 atom stereocenters. The number of hydrogen-bond donors (Lipinski definition) is 1. The van der Waals surface area contributed by atoms with Crippen LogP contribution >= 0.6 is 0 Å². The van der Waals surface area contributed by atoms with Crippen LogP contribution in [0.4, 0.5) is 0 Å². The van der Waals surface area contributed by atoms with Gasteiger partial charge in [-0.2, -0.15) is 0 Å². The molecule has 0 aliphatic heterocycles. The zero-order valence-corrected chi connectivity index (χ0v) is 9.98. The van der Waals surface area contributed by atoms with E-state index in [-0.39, 0.29) is 6.04 Å². The highest BCUT2D eigenvalue weighted by Gasteiger charge is 2.08. The highest BCUT2D eigenvalue weighted by Crippen LogP contribution is 2.19. The molecule has 90 valence electrons. The lowest BCUT2D eigenvalue weighted by Crippen LogP contribution is -2.12. The maximum absolute atomic E-state index is 5.82. The number of ether oxygens (including phenoxy) is 2. The van der Waals surface area contributed by atoms with Crippen molar-refractivity contribution in [3.8, 4) is 5.88 Å². The van der Waals surface area contributed by atoms with Gasteiger partial charge in [-0.25, -0.2) is 4.98 Å². The number of nitrogens with two attached hydrogens (primary N) is 1. The summed E-state index contributed by atoms with van der Waals surface area (Å²) in [6.07, 6.45) is 2.72. The molecule has 4 heteroatoms. The third kappa shape index (κ3) is 4.16. The molecule has 1 rings (SSSR count). The third-order valence-electron chi connectivity index (χ3n) is 2.11. The Labute approximate surface area is 96.8 Å². The van der Waals surface area contributed by atoms with Gasteiger partial charge in [0.15, 0.2) is 0 Å². The van der Waals surface area contributed by atoms with Crippen LogP contribution in [0.25, 0.3) is 0 Å². The largest absolute Gasteiger partial charge is 0.475 e. The van der Waals surface area contributed by atoms with Gasteiger partial charge in [-0.05, 0) is 19.4 Å². The van der Waals surface area contributed by atoms with Crippen LogP contribution in [0.15, 0.2) is 18.3 Å². The fourth-order valence-electron chi connectivity index (χ4n) is 1.31. The molecule has 0 saturated heterocycles. The van der Waals surface area contributed by atoms with Gasteiger partial charge < -0.3 is 15.2 Å². The molecule has 1 heterocycles. The fraction of sp³-hybridized carbons (Fsp3) is 0.583. The fourth-order valence-corrected chi connectivity index (χ4v) is 1.31. The zero-order chi connectivity index (χ0) is 11.8. The van der Waals surface area contributed by atoms with Crippen LogP contribution in [-0.4, -0.2) is 24.8 Å². The minimum Gasteiger partial charge on any atom is -0.475 e. The van der Waals surface area contributed by atoms with Gasteiger partial charge in [0.05, 0.1) is 6.61 Å². The Morgan fingerprint density at radius 3 is 2.88 bits per heavy atom. The molecule has 0 aromatic carbocycles. The van der Waals surface area contributed by atoms with Gasteiger partial charge >= 0.3 is 0 Å². The maximum Gasteiger partial charge on any atom is 0.218 e. The summed E-state index contributed by atoms with van der Waals surface area (Å²) < 4.78 is 10.8. The minimum absolute atomic E-state index is 0.0692. The highest BCUT2D eigenvalue weighted by molar-refractivity contribution is 5.27. The summed E-state index contributed by atoms with van der Waals surface area (Å²) in [5.41, 5.74) is 6.74. The molecule has 1 aromatic heterocycles. The molecule has 4 nitrogen and oxygen atoms in total. The van der Waals surface area contributed by atoms with Crippen molar-refractivity contribution in [1.29, 1.82) is 0 Å². The molecule has 0 amide bonds. The van der Waals surface area contributed by atoms with Gasteiger partial charge in [-0.1, -0.05) is 13.0 Å². The van der Waals surface area contributed by atoms with Crippen molar-refractivity contribution in [3.63, 3.8) is 0 Å². The third-order valence-corrected chi connectivity index (χ3v) is 2.11. The Morgan fingerprint density at radius 2 is 2.19 bits per heavy atom. The Kier molecular flexibility index (Phi) is 5.82. The van der Waals surface area contributed by atoms with E-state index >= 15 is 0 Å². The van der Waals surface area contributed by atoms with Crippen LogP contribution in [-0.2, 0) is 4.74 Å². The van der Waals surface area contributed by atoms with E-state index in [9.17, 15) is 0 Å². The molecule has 0 radical (unpaired) electrons. The second-order valence-electron chi connectivity index (χ2n) is 3.65. The van der Waals surface area contributed by atoms with Crippen LogP contribution < -0.4 is 10.5 Å². The van der Waals surface area contributed by atoms with Crippen LogP contribution in [0.5, 0.6) is 5.88 Å². The summed E-state index contributed by atoms with van der Waals surface area (Å²) in [4.78, 5) is 4.16. The molecule has 0 aliphatic carbocycles. The number of nitrogens with zero attached hydrogens (tertiary/aromatic N) is 1. The predicted octanol–water partition coefficient (Wildman–Crippen LogP) is 1.91. The molecule has 16 heavy (non-hydrogen) atoms. The minimum atomic E-state index is -0.0692. The normalized spacial score (nSPS) is 12.4. The van der Waals surface area contributed by atoms with E-state index in [0.29, 0.717) is 19.1 Å². The first kappa shape index (κ1) is 12.9. The Hall–Kier alpha value is -1.13. The van der Waals surface area contributed by atoms with Crippen molar-refractivity contribution in [1.82, 2.24) is 4.98 Å². The van der Waals surface area contributed by atoms with E-state index in [4.69, 9.17) is 15.2 Å². The molecule has 0 saturated carbocycles. The average Bonchev–Trinajstić information content (AvgIpc) is 2.29. The van der Waals surface area contributed by atoms with Crippen LogP contribution in [0, 0.1) is 0 Å². The van der Waals surface area contributed by atoms with Gasteiger partial charge in [-0.3, -0.25) is 0 Å². The first-order valence-electron chi connectivity index (χ1n) is 5.66. The Bertz CT molecular complexity index is 303. The molecule has 2 N–H and O–H groups in total. The molecule has 0 spiro atoms. The zero-order valence-electron chi connectivity index (χ0n) is 9.98. The summed E-state index contributed by atoms with van der Waals surface area (Å²) in [5.74, 6) is 0.609. The van der Waals surface area contributed by atoms with Crippen LogP contribution in [0.2, 0.25) is 0 Å². The van der Waals surface area contributed by atoms with E-state index < -0.39 is 0 Å². The summed E-state index contributed by atoms with van der Waals surface area (Å²) in [7, 11) is 0. The van der Waals surface area contributed by atoms with Gasteiger partial charge in [0, 0.05) is 24.4 Å². The van der Waals surface area contributed by atoms with Gasteiger partial charge in [0.1, 0.15) is 6.61 Å². The lowest BCUT2D eigenvalue weighted by molar-refractivity contribution is 0.0985. The predicted molar refractivity (Wildman–Crippen MR) is 63.4 cm³/mol. The summed E-state index contributed by atoms with van der Waals surface area (Å²) >= 11 is 0. The van der Waals surface area contributed by atoms with Crippen molar-refractivity contribution in [2.45, 2.75) is 26.3 Å². The molecule has 0 fully saturated rings. The number of pyridine rings is 1. The standard InChI is InChI=1S/C12H20N2O2/c1-3-7-15-8-9-16-12-11(10(2)13)5-4-6-14-12/h4-6,10H,3,7-9,13H2,1-2H3/t10-/m0/s1. The van der Waals surface area contributed by atoms with E-state index in [1.165, 1.54) is 0 Å². The van der Waals surface area contributed by atoms with Crippen molar-refractivity contribution < 1.29 is 9.47 Å². The van der Waals surface area contributed by atoms with E-state index in [1.54, 1.807) is 6.20 Å². The van der Waals surface area contributed by atoms with Gasteiger partial charge in [0.2, 0.25) is 5.88 Å². The highest BCUT2D eigenvalue weighted by atomic mass is 16.5. The Morgan fingerprint density at radius 1 is 1.38 bits per heavy atom. The van der Waals surface area contributed by atoms with Gasteiger partial charge in [-0.15, -0.1) is 0 Å². The quantitative estimate of drug-likeness (QED) is 0.719. The molecule has 0 bridgehead atoms. The van der Waals surface area contributed by atoms with Crippen LogP contribution in [0.1, 0.15) is 31.9 Å². The van der Waals surface area contributed by atoms with Crippen LogP contribution in [0.3, 0.4) is 0 Å². The number of aromatic nitrogens is 1. The topological polar surface area (TPSA) is 57.4 Å². The number of hydrogen-bond acceptors (Lipinski definition) is 4. The lowest BCUT2D eigenvalue weighted by atomic mass is 10.1. The maximum atomic E-state index is 5.82. The first-order valence-corrected chi connectivity index (χ1v) is 5.66. The van der Waals surface area contributed by atoms with E-state index in [2.05, 4.69) is 11.9 Å². The van der Waals surface area contributed by atoms with Crippen molar-refractivity contribution in [3.05, 3.63) is 23.9 Å². The number of rotatable bonds is 7. The van der Waals surface area contributed by atoms with Crippen molar-refractivity contribution >= 4 is 0 Å². The summed E-state index contributed by atoms with van der Waals surface area (Å²) in [5, 5.41) is 0. The first-order chi connectivity index (χ1) is 7.75. The second-order valence-corrected chi connectivity index (χ2v) is 3.65. The monoisotopic (exact) mass is 224 g/mol. The van der Waals surface area contributed by atoms with Crippen molar-refractivity contribution in [2.75, 3.05) is 19.8 Å². The summed E-state index contributed by atoms with van der Waals surface area (Å²) in [6.45, 7) is 5.86. The van der Waals surface area contributed by atoms with E-state index in [1.807, 2.05) is 19.1 Å². The second kappa shape index (κ2) is 7.19. The smallest absolute Gasteiger partial charge is 0.218 e. The molecule has 0 unspecified atom stereocenters. The molecular formula is C12H20N2O2. The average molecular weight is 224 g/mol. The molecule has 0 aliphatic rings. The lowest BCUT2D eigenvalue weighted by Gasteiger charge is -2.12. The SMILES string of the molecule is CCCOCCOc1ncccc1[C@H](C)N. The molecular weight excluding hydrogens is 204 g/mol. The van der Waals surface area contributed by atoms with Gasteiger partial charge in [0.25, 0.3) is 0 Å². The van der Waals surface area contributed by atoms with E-state index in [0.717, 1.165) is 18.6 Å². The van der Waals surface area contributed by atoms with Crippen molar-refractivity contribution in [2.24, 2.45) is 5.73 Å². The molecule has 1 aromatic rings.